The molecule has 2 aromatic heterocycles. The highest BCUT2D eigenvalue weighted by molar-refractivity contribution is 5.87. The molecule has 2 N–H and O–H groups in total. The van der Waals surface area contributed by atoms with Crippen molar-refractivity contribution in [3.63, 3.8) is 0 Å². The number of pyridine rings is 1. The lowest BCUT2D eigenvalue weighted by molar-refractivity contribution is 0.0375. The van der Waals surface area contributed by atoms with Gasteiger partial charge >= 0.3 is 5.97 Å². The zero-order valence-corrected chi connectivity index (χ0v) is 8.07. The number of carbonyl (C=O) groups is 1. The van der Waals surface area contributed by atoms with Gasteiger partial charge in [-0.1, -0.05) is 6.07 Å². The van der Waals surface area contributed by atoms with Crippen molar-refractivity contribution in [3.05, 3.63) is 42.2 Å². The fourth-order valence-electron chi connectivity index (χ4n) is 1.11. The number of nitrogens with zero attached hydrogens (tertiary/aromatic N) is 2. The van der Waals surface area contributed by atoms with Crippen molar-refractivity contribution >= 4 is 5.97 Å². The Balaban J connectivity index is 2.21. The van der Waals surface area contributed by atoms with E-state index in [1.807, 2.05) is 0 Å². The SMILES string of the molecule is O=C(On1c(O)ccc1O)c1ccccn1. The van der Waals surface area contributed by atoms with Gasteiger partial charge in [0.05, 0.1) is 0 Å². The summed E-state index contributed by atoms with van der Waals surface area (Å²) in [7, 11) is 0. The predicted octanol–water partition coefficient (Wildman–Crippen LogP) is 0.563. The molecule has 2 heterocycles. The highest BCUT2D eigenvalue weighted by atomic mass is 16.7. The van der Waals surface area contributed by atoms with Crippen molar-refractivity contribution in [1.82, 2.24) is 9.71 Å². The van der Waals surface area contributed by atoms with Crippen LogP contribution in [0.3, 0.4) is 0 Å². The molecule has 2 aromatic rings. The Morgan fingerprint density at radius 1 is 1.19 bits per heavy atom. The molecule has 6 heteroatoms. The average Bonchev–Trinajstić information content (AvgIpc) is 2.62. The average molecular weight is 220 g/mol. The van der Waals surface area contributed by atoms with Crippen LogP contribution in [0.5, 0.6) is 11.8 Å². The van der Waals surface area contributed by atoms with E-state index in [-0.39, 0.29) is 17.5 Å². The number of hydrogen-bond acceptors (Lipinski definition) is 5. The Hall–Kier alpha value is -2.50. The lowest BCUT2D eigenvalue weighted by atomic mass is 10.4. The van der Waals surface area contributed by atoms with Crippen LogP contribution in [0.25, 0.3) is 0 Å². The molecular weight excluding hydrogens is 212 g/mol. The van der Waals surface area contributed by atoms with Gasteiger partial charge in [0.15, 0.2) is 5.69 Å². The van der Waals surface area contributed by atoms with E-state index in [4.69, 9.17) is 4.84 Å². The second-order valence-corrected chi connectivity index (χ2v) is 2.94. The quantitative estimate of drug-likeness (QED) is 0.772. The molecule has 0 fully saturated rings. The Morgan fingerprint density at radius 2 is 1.88 bits per heavy atom. The van der Waals surface area contributed by atoms with Gasteiger partial charge in [-0.15, -0.1) is 4.73 Å². The fourth-order valence-corrected chi connectivity index (χ4v) is 1.11. The highest BCUT2D eigenvalue weighted by Crippen LogP contribution is 2.18. The monoisotopic (exact) mass is 220 g/mol. The zero-order valence-electron chi connectivity index (χ0n) is 8.07. The summed E-state index contributed by atoms with van der Waals surface area (Å²) in [6, 6.07) is 7.13. The third kappa shape index (κ3) is 1.81. The third-order valence-electron chi connectivity index (χ3n) is 1.85. The van der Waals surface area contributed by atoms with Gasteiger partial charge in [-0.2, -0.15) is 0 Å². The minimum absolute atomic E-state index is 0.0787. The molecule has 82 valence electrons. The number of aromatic nitrogens is 2. The number of aromatic hydroxyl groups is 2. The summed E-state index contributed by atoms with van der Waals surface area (Å²) in [4.78, 5) is 20.0. The molecule has 0 aliphatic heterocycles. The van der Waals surface area contributed by atoms with Gasteiger partial charge in [0.25, 0.3) is 0 Å². The smallest absolute Gasteiger partial charge is 0.382 e. The largest absolute Gasteiger partial charge is 0.492 e. The maximum Gasteiger partial charge on any atom is 0.382 e. The van der Waals surface area contributed by atoms with Crippen LogP contribution in [0.2, 0.25) is 0 Å². The molecule has 0 aliphatic carbocycles. The predicted molar refractivity (Wildman–Crippen MR) is 52.9 cm³/mol. The summed E-state index contributed by atoms with van der Waals surface area (Å²) in [5.74, 6) is -1.52. The third-order valence-corrected chi connectivity index (χ3v) is 1.85. The van der Waals surface area contributed by atoms with Gasteiger partial charge in [-0.05, 0) is 12.1 Å². The van der Waals surface area contributed by atoms with Gasteiger partial charge in [0, 0.05) is 18.3 Å². The van der Waals surface area contributed by atoms with Crippen LogP contribution in [0, 0.1) is 0 Å². The van der Waals surface area contributed by atoms with Crippen LogP contribution in [-0.2, 0) is 0 Å². The van der Waals surface area contributed by atoms with Crippen LogP contribution in [0.1, 0.15) is 10.5 Å². The van der Waals surface area contributed by atoms with Crippen molar-refractivity contribution < 1.29 is 19.8 Å². The van der Waals surface area contributed by atoms with Crippen molar-refractivity contribution in [2.75, 3.05) is 0 Å². The number of rotatable bonds is 2. The van der Waals surface area contributed by atoms with Crippen molar-refractivity contribution in [2.24, 2.45) is 0 Å². The number of hydrogen-bond donors (Lipinski definition) is 2. The van der Waals surface area contributed by atoms with Crippen molar-refractivity contribution in [1.29, 1.82) is 0 Å². The number of carbonyl (C=O) groups excluding carboxylic acids is 1. The first-order valence-electron chi connectivity index (χ1n) is 4.42. The Morgan fingerprint density at radius 3 is 2.44 bits per heavy atom. The topological polar surface area (TPSA) is 84.6 Å². The van der Waals surface area contributed by atoms with E-state index in [0.717, 1.165) is 0 Å². The molecule has 2 rings (SSSR count). The molecule has 0 atom stereocenters. The first-order valence-corrected chi connectivity index (χ1v) is 4.42. The van der Waals surface area contributed by atoms with Crippen LogP contribution < -0.4 is 4.84 Å². The summed E-state index contributed by atoms with van der Waals surface area (Å²) in [5, 5.41) is 18.5. The summed E-state index contributed by atoms with van der Waals surface area (Å²) in [6.07, 6.45) is 1.44. The molecule has 0 unspecified atom stereocenters. The van der Waals surface area contributed by atoms with E-state index in [1.54, 1.807) is 12.1 Å². The first kappa shape index (κ1) is 10.0. The van der Waals surface area contributed by atoms with Crippen molar-refractivity contribution in [2.45, 2.75) is 0 Å². The Labute approximate surface area is 90.3 Å². The highest BCUT2D eigenvalue weighted by Gasteiger charge is 2.14. The van der Waals surface area contributed by atoms with Gasteiger partial charge < -0.3 is 15.1 Å². The van der Waals surface area contributed by atoms with E-state index >= 15 is 0 Å². The second-order valence-electron chi connectivity index (χ2n) is 2.94. The summed E-state index contributed by atoms with van der Waals surface area (Å²) in [5.41, 5.74) is 0.0787. The Bertz CT molecular complexity index is 487. The van der Waals surface area contributed by atoms with Crippen LogP contribution >= 0.6 is 0 Å². The van der Waals surface area contributed by atoms with E-state index in [0.29, 0.717) is 4.73 Å². The van der Waals surface area contributed by atoms with E-state index in [1.165, 1.54) is 24.4 Å². The Kier molecular flexibility index (Phi) is 2.47. The fraction of sp³-hybridized carbons (Fsp3) is 0. The van der Waals surface area contributed by atoms with Crippen molar-refractivity contribution in [3.8, 4) is 11.8 Å². The summed E-state index contributed by atoms with van der Waals surface area (Å²) in [6.45, 7) is 0. The van der Waals surface area contributed by atoms with Gasteiger partial charge in [0.1, 0.15) is 0 Å². The maximum atomic E-state index is 11.5. The second kappa shape index (κ2) is 3.93. The van der Waals surface area contributed by atoms with Gasteiger partial charge in [-0.25, -0.2) is 9.78 Å². The first-order chi connectivity index (χ1) is 7.68. The maximum absolute atomic E-state index is 11.5. The molecule has 0 spiro atoms. The molecule has 0 amide bonds. The minimum Gasteiger partial charge on any atom is -0.492 e. The molecule has 0 saturated carbocycles. The minimum atomic E-state index is -0.776. The van der Waals surface area contributed by atoms with Gasteiger partial charge in [-0.3, -0.25) is 0 Å². The lowest BCUT2D eigenvalue weighted by Gasteiger charge is -2.05. The molecule has 0 saturated heterocycles. The molecule has 16 heavy (non-hydrogen) atoms. The standard InChI is InChI=1S/C10H8N2O4/c13-8-4-5-9(14)12(8)16-10(15)7-3-1-2-6-11-7/h1-6,13-14H. The molecule has 0 aromatic carbocycles. The van der Waals surface area contributed by atoms with Crippen LogP contribution in [-0.4, -0.2) is 25.9 Å². The summed E-state index contributed by atoms with van der Waals surface area (Å²) < 4.78 is 0.608. The lowest BCUT2D eigenvalue weighted by Crippen LogP contribution is -2.19. The van der Waals surface area contributed by atoms with E-state index in [2.05, 4.69) is 4.98 Å². The zero-order chi connectivity index (χ0) is 11.5. The van der Waals surface area contributed by atoms with E-state index < -0.39 is 5.97 Å². The van der Waals surface area contributed by atoms with E-state index in [9.17, 15) is 15.0 Å². The molecular formula is C10H8N2O4. The van der Waals surface area contributed by atoms with Gasteiger partial charge in [0.2, 0.25) is 11.8 Å². The molecule has 6 nitrogen and oxygen atoms in total. The van der Waals surface area contributed by atoms with Crippen LogP contribution in [0.4, 0.5) is 0 Å². The summed E-state index contributed by atoms with van der Waals surface area (Å²) >= 11 is 0. The molecule has 0 bridgehead atoms. The normalized spacial score (nSPS) is 10.0. The molecule has 0 aliphatic rings. The molecule has 0 radical (unpaired) electrons. The van der Waals surface area contributed by atoms with Crippen LogP contribution in [0.15, 0.2) is 36.5 Å².